The van der Waals surface area contributed by atoms with Crippen LogP contribution in [0.5, 0.6) is 5.75 Å². The monoisotopic (exact) mass is 456 g/mol. The molecule has 1 heterocycles. The number of thiophene rings is 1. The van der Waals surface area contributed by atoms with Crippen molar-refractivity contribution in [3.8, 4) is 5.75 Å². The molecule has 2 N–H and O–H groups in total. The molecule has 5 nitrogen and oxygen atoms in total. The largest absolute Gasteiger partial charge is 0.416 e. The molecule has 0 unspecified atom stereocenters. The summed E-state index contributed by atoms with van der Waals surface area (Å²) in [7, 11) is -5.08. The van der Waals surface area contributed by atoms with Crippen molar-refractivity contribution in [1.29, 1.82) is 0 Å². The molecule has 0 saturated carbocycles. The zero-order chi connectivity index (χ0) is 21.7. The van der Waals surface area contributed by atoms with E-state index in [1.54, 1.807) is 0 Å². The second-order valence-corrected chi connectivity index (χ2v) is 8.34. The van der Waals surface area contributed by atoms with Crippen LogP contribution in [0.15, 0.2) is 24.3 Å². The predicted octanol–water partition coefficient (Wildman–Crippen LogP) is 4.96. The second-order valence-electron chi connectivity index (χ2n) is 5.62. The Hall–Kier alpha value is -2.40. The molecule has 0 aliphatic carbocycles. The molecule has 1 atom stereocenters. The fraction of sp³-hybridized carbons (Fsp3) is 0.0625. The van der Waals surface area contributed by atoms with Crippen LogP contribution >= 0.6 is 18.9 Å². The third kappa shape index (κ3) is 3.88. The van der Waals surface area contributed by atoms with E-state index < -0.39 is 54.3 Å². The van der Waals surface area contributed by atoms with Gasteiger partial charge in [-0.25, -0.2) is 22.4 Å². The Bertz CT molecular complexity index is 1160. The van der Waals surface area contributed by atoms with E-state index >= 15 is 0 Å². The van der Waals surface area contributed by atoms with Crippen LogP contribution in [-0.2, 0) is 4.57 Å². The van der Waals surface area contributed by atoms with Crippen molar-refractivity contribution < 1.29 is 50.2 Å². The van der Waals surface area contributed by atoms with Gasteiger partial charge >= 0.3 is 13.6 Å². The Morgan fingerprint density at radius 2 is 1.52 bits per heavy atom. The number of carbonyl (C=O) groups is 1. The lowest BCUT2D eigenvalue weighted by Crippen LogP contribution is -2.12. The number of carbonyl (C=O) groups excluding carboxylic acids is 1. The Labute approximate surface area is 161 Å². The summed E-state index contributed by atoms with van der Waals surface area (Å²) in [5.74, 6) is -17.5. The summed E-state index contributed by atoms with van der Waals surface area (Å²) in [6.07, 6.45) is 0. The fourth-order valence-electron chi connectivity index (χ4n) is 2.32. The molecule has 2 aromatic carbocycles. The van der Waals surface area contributed by atoms with Gasteiger partial charge in [0, 0.05) is 4.70 Å². The van der Waals surface area contributed by atoms with Crippen molar-refractivity contribution in [2.45, 2.75) is 5.91 Å². The molecule has 0 aliphatic rings. The van der Waals surface area contributed by atoms with E-state index in [4.69, 9.17) is 9.79 Å². The van der Waals surface area contributed by atoms with E-state index in [0.717, 1.165) is 18.2 Å². The Balaban J connectivity index is 1.96. The van der Waals surface area contributed by atoms with Crippen LogP contribution in [0.2, 0.25) is 0 Å². The number of alkyl halides is 1. The molecule has 0 amide bonds. The summed E-state index contributed by atoms with van der Waals surface area (Å²) in [5.41, 5.74) is -0.386. The highest BCUT2D eigenvalue weighted by Gasteiger charge is 2.31. The predicted molar refractivity (Wildman–Crippen MR) is 88.9 cm³/mol. The third-order valence-electron chi connectivity index (χ3n) is 3.68. The lowest BCUT2D eigenvalue weighted by atomic mass is 10.2. The van der Waals surface area contributed by atoms with E-state index in [9.17, 15) is 35.7 Å². The normalized spacial score (nSPS) is 13.0. The number of ether oxygens (including phenoxy) is 1. The molecular weight excluding hydrogens is 449 g/mol. The average molecular weight is 456 g/mol. The van der Waals surface area contributed by atoms with E-state index in [0.29, 0.717) is 16.0 Å². The third-order valence-corrected chi connectivity index (χ3v) is 5.66. The van der Waals surface area contributed by atoms with Gasteiger partial charge in [-0.1, -0.05) is 6.07 Å². The van der Waals surface area contributed by atoms with Gasteiger partial charge in [0.2, 0.25) is 40.7 Å². The molecule has 0 saturated heterocycles. The van der Waals surface area contributed by atoms with E-state index in [2.05, 4.69) is 4.74 Å². The molecule has 0 radical (unpaired) electrons. The molecule has 3 aromatic rings. The minimum absolute atomic E-state index is 0.132. The summed E-state index contributed by atoms with van der Waals surface area (Å²) in [6.45, 7) is 0. The number of rotatable bonds is 4. The second kappa shape index (κ2) is 7.45. The molecular formula is C16H7F6O5PS. The smallest absolute Gasteiger partial charge is 0.363 e. The topological polar surface area (TPSA) is 83.8 Å². The zero-order valence-corrected chi connectivity index (χ0v) is 15.3. The minimum Gasteiger partial charge on any atom is -0.416 e. The summed E-state index contributed by atoms with van der Waals surface area (Å²) in [4.78, 5) is 29.5. The first-order valence-corrected chi connectivity index (χ1v) is 9.88. The summed E-state index contributed by atoms with van der Waals surface area (Å²) < 4.78 is 96.1. The number of hydrogen-bond acceptors (Lipinski definition) is 4. The first-order chi connectivity index (χ1) is 13.4. The van der Waals surface area contributed by atoms with Gasteiger partial charge in [-0.3, -0.25) is 4.57 Å². The first-order valence-electron chi connectivity index (χ1n) is 7.38. The number of fused-ring (bicyclic) bond motifs is 1. The first kappa shape index (κ1) is 21.3. The maximum absolute atomic E-state index is 13.8. The van der Waals surface area contributed by atoms with Crippen molar-refractivity contribution in [3.63, 3.8) is 0 Å². The Kier molecular flexibility index (Phi) is 5.48. The quantitative estimate of drug-likeness (QED) is 0.145. The minimum atomic E-state index is -5.08. The highest BCUT2D eigenvalue weighted by atomic mass is 32.1. The van der Waals surface area contributed by atoms with Crippen molar-refractivity contribution in [2.24, 2.45) is 0 Å². The van der Waals surface area contributed by atoms with Crippen LogP contribution < -0.4 is 4.74 Å². The molecule has 0 aliphatic heterocycles. The average Bonchev–Trinajstić information content (AvgIpc) is 3.10. The van der Waals surface area contributed by atoms with Gasteiger partial charge in [0.1, 0.15) is 4.88 Å². The zero-order valence-electron chi connectivity index (χ0n) is 13.6. The highest BCUT2D eigenvalue weighted by Crippen LogP contribution is 2.53. The van der Waals surface area contributed by atoms with Crippen LogP contribution in [-0.4, -0.2) is 15.8 Å². The van der Waals surface area contributed by atoms with Gasteiger partial charge in [-0.15, -0.1) is 11.3 Å². The molecule has 13 heteroatoms. The van der Waals surface area contributed by atoms with Gasteiger partial charge in [0.15, 0.2) is 0 Å². The fourth-order valence-corrected chi connectivity index (χ4v) is 3.79. The maximum Gasteiger partial charge on any atom is 0.363 e. The Morgan fingerprint density at radius 1 is 0.966 bits per heavy atom. The molecule has 3 rings (SSSR count). The highest BCUT2D eigenvalue weighted by molar-refractivity contribution is 7.51. The summed E-state index contributed by atoms with van der Waals surface area (Å²) in [5, 5.41) is 0.132. The number of esters is 1. The van der Waals surface area contributed by atoms with Crippen molar-refractivity contribution in [3.05, 3.63) is 63.8 Å². The molecule has 29 heavy (non-hydrogen) atoms. The molecule has 154 valence electrons. The molecule has 0 bridgehead atoms. The van der Waals surface area contributed by atoms with Gasteiger partial charge < -0.3 is 14.5 Å². The van der Waals surface area contributed by atoms with Crippen molar-refractivity contribution in [2.75, 3.05) is 0 Å². The van der Waals surface area contributed by atoms with Gasteiger partial charge in [-0.2, -0.15) is 8.78 Å². The van der Waals surface area contributed by atoms with Crippen LogP contribution in [0.3, 0.4) is 0 Å². The molecule has 0 spiro atoms. The van der Waals surface area contributed by atoms with Crippen LogP contribution in [0.4, 0.5) is 26.3 Å². The van der Waals surface area contributed by atoms with Gasteiger partial charge in [-0.05, 0) is 29.1 Å². The summed E-state index contributed by atoms with van der Waals surface area (Å²) >= 11 is 0.678. The number of hydrogen-bond donors (Lipinski definition) is 2. The lowest BCUT2D eigenvalue weighted by molar-refractivity contribution is 0.0721. The summed E-state index contributed by atoms with van der Waals surface area (Å²) in [6, 6.07) is 4.36. The van der Waals surface area contributed by atoms with Crippen LogP contribution in [0, 0.1) is 29.1 Å². The maximum atomic E-state index is 13.8. The van der Waals surface area contributed by atoms with E-state index in [-0.39, 0.29) is 15.8 Å². The van der Waals surface area contributed by atoms with Gasteiger partial charge in [0.25, 0.3) is 0 Å². The lowest BCUT2D eigenvalue weighted by Gasteiger charge is -2.09. The number of halogens is 6. The Morgan fingerprint density at radius 3 is 2.07 bits per heavy atom. The van der Waals surface area contributed by atoms with Crippen LogP contribution in [0.1, 0.15) is 21.1 Å². The van der Waals surface area contributed by atoms with Crippen molar-refractivity contribution in [1.82, 2.24) is 0 Å². The SMILES string of the molecule is O=C(Oc1c(F)c(F)c(F)c(F)c1F)c1cc2cc([C@@H](F)P(=O)(O)O)ccc2s1. The van der Waals surface area contributed by atoms with Crippen molar-refractivity contribution >= 4 is 35.0 Å². The standard InChI is InChI=1S/C16H7F6O5PS/c17-9-10(18)12(20)14(13(21)11(9)19)27-16(23)8-4-6-3-5(1-2-7(6)29-8)15(22)28(24,25)26/h1-4,15H,(H2,24,25,26)/t15-/m0/s1. The van der Waals surface area contributed by atoms with E-state index in [1.165, 1.54) is 6.07 Å². The van der Waals surface area contributed by atoms with Gasteiger partial charge in [0.05, 0.1) is 0 Å². The van der Waals surface area contributed by atoms with Crippen LogP contribution in [0.25, 0.3) is 10.1 Å². The van der Waals surface area contributed by atoms with E-state index in [1.807, 2.05) is 0 Å². The molecule has 0 fully saturated rings. The molecule has 1 aromatic heterocycles. The number of benzene rings is 2.